The van der Waals surface area contributed by atoms with Gasteiger partial charge in [0.1, 0.15) is 6.61 Å². The average Bonchev–Trinajstić information content (AvgIpc) is 2.66. The summed E-state index contributed by atoms with van der Waals surface area (Å²) < 4.78 is 39.6. The van der Waals surface area contributed by atoms with Crippen LogP contribution in [0.4, 0.5) is 0 Å². The molecule has 0 aliphatic rings. The highest BCUT2D eigenvalue weighted by atomic mass is 32.2. The number of benzene rings is 2. The molecule has 0 aliphatic heterocycles. The predicted octanol–water partition coefficient (Wildman–Crippen LogP) is 2.95. The molecule has 142 valence electrons. The van der Waals surface area contributed by atoms with Crippen LogP contribution in [0.1, 0.15) is 25.0 Å². The average molecular weight is 378 g/mol. The highest BCUT2D eigenvalue weighted by Crippen LogP contribution is 2.29. The lowest BCUT2D eigenvalue weighted by Gasteiger charge is -2.19. The SMILES string of the molecule is CCN(CC)S(=O)(=O)NCc1ccc(OCc2ccccc2)c(OC)c1. The fourth-order valence-corrected chi connectivity index (χ4v) is 3.72. The Morgan fingerprint density at radius 3 is 2.27 bits per heavy atom. The lowest BCUT2D eigenvalue weighted by molar-refractivity contribution is 0.284. The van der Waals surface area contributed by atoms with Crippen molar-refractivity contribution in [1.82, 2.24) is 9.03 Å². The van der Waals surface area contributed by atoms with Gasteiger partial charge in [-0.3, -0.25) is 0 Å². The number of methoxy groups -OCH3 is 1. The van der Waals surface area contributed by atoms with E-state index in [1.807, 2.05) is 50.2 Å². The zero-order chi connectivity index (χ0) is 19.0. The van der Waals surface area contributed by atoms with Gasteiger partial charge in [-0.15, -0.1) is 0 Å². The van der Waals surface area contributed by atoms with Crippen molar-refractivity contribution in [2.24, 2.45) is 0 Å². The van der Waals surface area contributed by atoms with E-state index < -0.39 is 10.2 Å². The van der Waals surface area contributed by atoms with Gasteiger partial charge in [0.2, 0.25) is 0 Å². The molecule has 6 nitrogen and oxygen atoms in total. The zero-order valence-electron chi connectivity index (χ0n) is 15.4. The van der Waals surface area contributed by atoms with Crippen LogP contribution in [0.3, 0.4) is 0 Å². The minimum absolute atomic E-state index is 0.189. The molecule has 2 aromatic rings. The molecule has 1 N–H and O–H groups in total. The molecule has 0 bridgehead atoms. The summed E-state index contributed by atoms with van der Waals surface area (Å²) in [5, 5.41) is 0. The van der Waals surface area contributed by atoms with Crippen molar-refractivity contribution in [3.63, 3.8) is 0 Å². The fourth-order valence-electron chi connectivity index (χ4n) is 2.51. The van der Waals surface area contributed by atoms with Crippen molar-refractivity contribution in [3.8, 4) is 11.5 Å². The van der Waals surface area contributed by atoms with Gasteiger partial charge in [-0.05, 0) is 23.3 Å². The van der Waals surface area contributed by atoms with Gasteiger partial charge in [0.25, 0.3) is 10.2 Å². The minimum Gasteiger partial charge on any atom is -0.493 e. The molecule has 0 aliphatic carbocycles. The Hall–Kier alpha value is -2.09. The van der Waals surface area contributed by atoms with Crippen molar-refractivity contribution in [1.29, 1.82) is 0 Å². The third kappa shape index (κ3) is 5.45. The summed E-state index contributed by atoms with van der Waals surface area (Å²) >= 11 is 0. The smallest absolute Gasteiger partial charge is 0.279 e. The van der Waals surface area contributed by atoms with Crippen LogP contribution in [-0.4, -0.2) is 32.9 Å². The first-order valence-electron chi connectivity index (χ1n) is 8.58. The molecule has 0 unspecified atom stereocenters. The maximum Gasteiger partial charge on any atom is 0.279 e. The first-order chi connectivity index (χ1) is 12.5. The summed E-state index contributed by atoms with van der Waals surface area (Å²) in [6, 6.07) is 15.3. The van der Waals surface area contributed by atoms with Crippen molar-refractivity contribution in [2.75, 3.05) is 20.2 Å². The van der Waals surface area contributed by atoms with Crippen LogP contribution in [0.5, 0.6) is 11.5 Å². The quantitative estimate of drug-likeness (QED) is 0.690. The minimum atomic E-state index is -3.49. The molecule has 0 amide bonds. The molecule has 0 spiro atoms. The fraction of sp³-hybridized carbons (Fsp3) is 0.368. The van der Waals surface area contributed by atoms with Crippen LogP contribution in [0.2, 0.25) is 0 Å². The third-order valence-corrected chi connectivity index (χ3v) is 5.67. The van der Waals surface area contributed by atoms with Gasteiger partial charge < -0.3 is 9.47 Å². The molecule has 0 radical (unpaired) electrons. The Kier molecular flexibility index (Phi) is 7.44. The number of nitrogens with zero attached hydrogens (tertiary/aromatic N) is 1. The number of hydrogen-bond donors (Lipinski definition) is 1. The first kappa shape index (κ1) is 20.2. The van der Waals surface area contributed by atoms with E-state index >= 15 is 0 Å². The van der Waals surface area contributed by atoms with E-state index in [0.29, 0.717) is 31.2 Å². The van der Waals surface area contributed by atoms with Crippen LogP contribution in [0.15, 0.2) is 48.5 Å². The molecular formula is C19H26N2O4S. The van der Waals surface area contributed by atoms with Crippen molar-refractivity contribution in [3.05, 3.63) is 59.7 Å². The van der Waals surface area contributed by atoms with E-state index in [2.05, 4.69) is 4.72 Å². The van der Waals surface area contributed by atoms with E-state index in [1.54, 1.807) is 19.2 Å². The Morgan fingerprint density at radius 2 is 1.65 bits per heavy atom. The van der Waals surface area contributed by atoms with Gasteiger partial charge in [0, 0.05) is 19.6 Å². The molecule has 2 aromatic carbocycles. The molecule has 2 rings (SSSR count). The summed E-state index contributed by atoms with van der Waals surface area (Å²) in [4.78, 5) is 0. The molecule has 0 aromatic heterocycles. The highest BCUT2D eigenvalue weighted by Gasteiger charge is 2.18. The number of nitrogens with one attached hydrogen (secondary N) is 1. The summed E-state index contributed by atoms with van der Waals surface area (Å²) in [5.74, 6) is 1.19. The molecule has 0 atom stereocenters. The van der Waals surface area contributed by atoms with E-state index in [4.69, 9.17) is 9.47 Å². The summed E-state index contributed by atoms with van der Waals surface area (Å²) in [7, 11) is -1.92. The highest BCUT2D eigenvalue weighted by molar-refractivity contribution is 7.87. The summed E-state index contributed by atoms with van der Waals surface area (Å²) in [5.41, 5.74) is 1.86. The van der Waals surface area contributed by atoms with E-state index in [-0.39, 0.29) is 6.54 Å². The predicted molar refractivity (Wildman–Crippen MR) is 102 cm³/mol. The normalized spacial score (nSPS) is 11.5. The van der Waals surface area contributed by atoms with E-state index in [0.717, 1.165) is 11.1 Å². The number of ether oxygens (including phenoxy) is 2. The van der Waals surface area contributed by atoms with Gasteiger partial charge in [0.15, 0.2) is 11.5 Å². The van der Waals surface area contributed by atoms with Gasteiger partial charge in [-0.2, -0.15) is 17.4 Å². The zero-order valence-corrected chi connectivity index (χ0v) is 16.3. The molecule has 26 heavy (non-hydrogen) atoms. The maximum atomic E-state index is 12.2. The van der Waals surface area contributed by atoms with Crippen molar-refractivity contribution < 1.29 is 17.9 Å². The van der Waals surface area contributed by atoms with Crippen molar-refractivity contribution >= 4 is 10.2 Å². The second kappa shape index (κ2) is 9.56. The topological polar surface area (TPSA) is 67.9 Å². The molecule has 7 heteroatoms. The standard InChI is InChI=1S/C19H26N2O4S/c1-4-21(5-2)26(22,23)20-14-17-11-12-18(19(13-17)24-3)25-15-16-9-7-6-8-10-16/h6-13,20H,4-5,14-15H2,1-3H3. The van der Waals surface area contributed by atoms with E-state index in [9.17, 15) is 8.42 Å². The molecule has 0 saturated carbocycles. The monoisotopic (exact) mass is 378 g/mol. The second-order valence-corrected chi connectivity index (χ2v) is 7.43. The summed E-state index contributed by atoms with van der Waals surface area (Å²) in [6.45, 7) is 5.11. The van der Waals surface area contributed by atoms with Crippen LogP contribution in [0, 0.1) is 0 Å². The Labute approximate surface area is 155 Å². The molecule has 0 fully saturated rings. The first-order valence-corrected chi connectivity index (χ1v) is 10.0. The maximum absolute atomic E-state index is 12.2. The molecule has 0 saturated heterocycles. The summed E-state index contributed by atoms with van der Waals surface area (Å²) in [6.07, 6.45) is 0. The van der Waals surface area contributed by atoms with Gasteiger partial charge in [-0.25, -0.2) is 0 Å². The third-order valence-electron chi connectivity index (χ3n) is 3.97. The van der Waals surface area contributed by atoms with Gasteiger partial charge >= 0.3 is 0 Å². The lowest BCUT2D eigenvalue weighted by atomic mass is 10.2. The van der Waals surface area contributed by atoms with E-state index in [1.165, 1.54) is 4.31 Å². The number of hydrogen-bond acceptors (Lipinski definition) is 4. The lowest BCUT2D eigenvalue weighted by Crippen LogP contribution is -2.40. The second-order valence-electron chi connectivity index (χ2n) is 5.67. The van der Waals surface area contributed by atoms with Crippen LogP contribution >= 0.6 is 0 Å². The van der Waals surface area contributed by atoms with Gasteiger partial charge in [-0.1, -0.05) is 50.2 Å². The largest absolute Gasteiger partial charge is 0.493 e. The van der Waals surface area contributed by atoms with Crippen LogP contribution in [0.25, 0.3) is 0 Å². The van der Waals surface area contributed by atoms with Crippen LogP contribution < -0.4 is 14.2 Å². The van der Waals surface area contributed by atoms with Crippen molar-refractivity contribution in [2.45, 2.75) is 27.0 Å². The molecular weight excluding hydrogens is 352 g/mol. The Balaban J connectivity index is 2.03. The Bertz CT molecular complexity index is 790. The number of rotatable bonds is 10. The van der Waals surface area contributed by atoms with Crippen LogP contribution in [-0.2, 0) is 23.4 Å². The molecule has 0 heterocycles. The van der Waals surface area contributed by atoms with Gasteiger partial charge in [0.05, 0.1) is 7.11 Å². The Morgan fingerprint density at radius 1 is 0.962 bits per heavy atom.